The fourth-order valence-electron chi connectivity index (χ4n) is 2.23. The normalized spacial score (nSPS) is 13.0. The molecule has 5 N–H and O–H groups in total. The Morgan fingerprint density at radius 3 is 2.55 bits per heavy atom. The molecule has 0 aliphatic carbocycles. The van der Waals surface area contributed by atoms with Crippen molar-refractivity contribution in [3.05, 3.63) is 27.0 Å². The zero-order chi connectivity index (χ0) is 22.2. The number of amides is 1. The quantitative estimate of drug-likeness (QED) is 0.283. The molecule has 15 heteroatoms. The third kappa shape index (κ3) is 5.51. The van der Waals surface area contributed by atoms with Crippen molar-refractivity contribution in [1.29, 1.82) is 0 Å². The van der Waals surface area contributed by atoms with Crippen molar-refractivity contribution in [2.24, 2.45) is 5.73 Å². The van der Waals surface area contributed by atoms with Gasteiger partial charge in [-0.3, -0.25) is 9.36 Å². The average molecular weight is 537 g/mol. The monoisotopic (exact) mass is 536 g/mol. The van der Waals surface area contributed by atoms with Gasteiger partial charge in [0, 0.05) is 22.0 Å². The van der Waals surface area contributed by atoms with Crippen molar-refractivity contribution < 1.29 is 41.1 Å². The molecule has 1 heterocycles. The van der Waals surface area contributed by atoms with Crippen LogP contribution >= 0.6 is 34.9 Å². The van der Waals surface area contributed by atoms with Crippen LogP contribution in [0.3, 0.4) is 0 Å². The summed E-state index contributed by atoms with van der Waals surface area (Å²) in [5.41, 5.74) is 0.731. The molecular weight excluding hydrogens is 521 g/mol. The molecule has 0 spiro atoms. The molecule has 0 fully saturated rings. The minimum Gasteiger partial charge on any atom is -0.492 e. The molecule has 0 saturated heterocycles. The van der Waals surface area contributed by atoms with Crippen LogP contribution < -0.4 is 15.2 Å². The van der Waals surface area contributed by atoms with Crippen molar-refractivity contribution in [3.63, 3.8) is 0 Å². The summed E-state index contributed by atoms with van der Waals surface area (Å²) in [5, 5.41) is 0.0682. The first-order valence-corrected chi connectivity index (χ1v) is 12.8. The summed E-state index contributed by atoms with van der Waals surface area (Å²) >= 11 is 3.31. The first kappa shape index (κ1) is 24.1. The smallest absolute Gasteiger partial charge is 0.400 e. The SMILES string of the molecule is CS(=O)(=O)NCCCOc1cc(C(N)=O)cc2c(Br)c(C(F)(F)P(=O)(O)O)sc12. The van der Waals surface area contributed by atoms with Crippen LogP contribution in [0, 0.1) is 0 Å². The molecular formula is C14H16BrF2N2O7PS2. The lowest BCUT2D eigenvalue weighted by molar-refractivity contribution is 0.0595. The predicted molar refractivity (Wildman–Crippen MR) is 107 cm³/mol. The number of hydrogen-bond donors (Lipinski definition) is 4. The van der Waals surface area contributed by atoms with Gasteiger partial charge in [-0.05, 0) is 34.5 Å². The molecule has 2 aromatic rings. The molecule has 0 radical (unpaired) electrons. The van der Waals surface area contributed by atoms with Crippen LogP contribution in [0.2, 0.25) is 0 Å². The number of halogens is 3. The Kier molecular flexibility index (Phi) is 7.10. The first-order valence-electron chi connectivity index (χ1n) is 7.72. The summed E-state index contributed by atoms with van der Waals surface area (Å²) in [6, 6.07) is 2.42. The van der Waals surface area contributed by atoms with E-state index >= 15 is 0 Å². The summed E-state index contributed by atoms with van der Waals surface area (Å²) in [4.78, 5) is 28.7. The first-order chi connectivity index (χ1) is 13.1. The van der Waals surface area contributed by atoms with Gasteiger partial charge in [-0.2, -0.15) is 8.78 Å². The number of thiophene rings is 1. The highest BCUT2D eigenvalue weighted by atomic mass is 79.9. The topological polar surface area (TPSA) is 156 Å². The lowest BCUT2D eigenvalue weighted by atomic mass is 10.1. The molecule has 0 aliphatic heterocycles. The number of alkyl halides is 2. The van der Waals surface area contributed by atoms with Crippen LogP contribution in [0.4, 0.5) is 8.78 Å². The number of rotatable bonds is 9. The van der Waals surface area contributed by atoms with Gasteiger partial charge in [0.2, 0.25) is 15.9 Å². The summed E-state index contributed by atoms with van der Waals surface area (Å²) in [6.45, 7) is 0.0344. The molecule has 9 nitrogen and oxygen atoms in total. The lowest BCUT2D eigenvalue weighted by Gasteiger charge is -2.16. The van der Waals surface area contributed by atoms with Gasteiger partial charge in [0.25, 0.3) is 0 Å². The zero-order valence-electron chi connectivity index (χ0n) is 14.7. The number of carbonyl (C=O) groups excluding carboxylic acids is 1. The number of primary amides is 1. The highest BCUT2D eigenvalue weighted by molar-refractivity contribution is 9.10. The highest BCUT2D eigenvalue weighted by Crippen LogP contribution is 2.63. The van der Waals surface area contributed by atoms with E-state index in [2.05, 4.69) is 20.7 Å². The molecule has 0 atom stereocenters. The van der Waals surface area contributed by atoms with Crippen molar-refractivity contribution in [3.8, 4) is 5.75 Å². The molecule has 1 aromatic carbocycles. The van der Waals surface area contributed by atoms with Gasteiger partial charge in [-0.25, -0.2) is 13.1 Å². The van der Waals surface area contributed by atoms with E-state index in [9.17, 15) is 26.6 Å². The Morgan fingerprint density at radius 1 is 1.41 bits per heavy atom. The Balaban J connectivity index is 2.45. The number of carbonyl (C=O) groups is 1. The Bertz CT molecular complexity index is 1100. The van der Waals surface area contributed by atoms with Gasteiger partial charge in [0.15, 0.2) is 0 Å². The predicted octanol–water partition coefficient (Wildman–Crippen LogP) is 2.31. The molecule has 2 rings (SSSR count). The average Bonchev–Trinajstić information content (AvgIpc) is 2.90. The van der Waals surface area contributed by atoms with E-state index in [-0.39, 0.29) is 45.4 Å². The summed E-state index contributed by atoms with van der Waals surface area (Å²) in [5.74, 6) is -0.869. The Hall–Kier alpha value is -1.15. The van der Waals surface area contributed by atoms with Crippen LogP contribution in [0.1, 0.15) is 21.7 Å². The molecule has 1 amide bonds. The Morgan fingerprint density at radius 2 is 2.03 bits per heavy atom. The third-order valence-corrected chi connectivity index (χ3v) is 7.77. The number of sulfonamides is 1. The molecule has 0 aliphatic rings. The summed E-state index contributed by atoms with van der Waals surface area (Å²) < 4.78 is 69.3. The fraction of sp³-hybridized carbons (Fsp3) is 0.357. The molecule has 29 heavy (non-hydrogen) atoms. The molecule has 1 aromatic heterocycles. The Labute approximate surface area is 176 Å². The molecule has 0 bridgehead atoms. The largest absolute Gasteiger partial charge is 0.492 e. The van der Waals surface area contributed by atoms with E-state index < -0.39 is 34.1 Å². The maximum atomic E-state index is 14.2. The third-order valence-electron chi connectivity index (χ3n) is 3.56. The lowest BCUT2D eigenvalue weighted by Crippen LogP contribution is -2.24. The minimum atomic E-state index is -5.82. The van der Waals surface area contributed by atoms with E-state index in [0.717, 1.165) is 6.26 Å². The van der Waals surface area contributed by atoms with Crippen LogP contribution in [0.5, 0.6) is 5.75 Å². The number of ether oxygens (including phenoxy) is 1. The van der Waals surface area contributed by atoms with Crippen molar-refractivity contribution in [2.75, 3.05) is 19.4 Å². The summed E-state index contributed by atoms with van der Waals surface area (Å²) in [7, 11) is -9.20. The van der Waals surface area contributed by atoms with Crippen LogP contribution in [-0.4, -0.2) is 43.5 Å². The van der Waals surface area contributed by atoms with E-state index in [1.54, 1.807) is 0 Å². The second kappa shape index (κ2) is 8.53. The molecule has 0 unspecified atom stereocenters. The molecule has 0 saturated carbocycles. The zero-order valence-corrected chi connectivity index (χ0v) is 18.8. The van der Waals surface area contributed by atoms with Crippen LogP contribution in [-0.2, 0) is 20.3 Å². The van der Waals surface area contributed by atoms with Gasteiger partial charge < -0.3 is 20.3 Å². The van der Waals surface area contributed by atoms with Crippen LogP contribution in [0.15, 0.2) is 16.6 Å². The van der Waals surface area contributed by atoms with E-state index in [1.165, 1.54) is 12.1 Å². The van der Waals surface area contributed by atoms with Gasteiger partial charge in [0.1, 0.15) is 10.6 Å². The number of nitrogens with two attached hydrogens (primary N) is 1. The van der Waals surface area contributed by atoms with E-state index in [4.69, 9.17) is 20.3 Å². The maximum absolute atomic E-state index is 14.2. The second-order valence-corrected chi connectivity index (χ2v) is 11.2. The van der Waals surface area contributed by atoms with E-state index in [0.29, 0.717) is 11.3 Å². The standard InChI is InChI=1S/C14H16BrF2N2O7PS2/c1-29(24,25)19-3-2-4-26-9-6-7(13(18)20)5-8-10(15)12(28-11(8)9)14(16,17)27(21,22)23/h5-6,19H,2-4H2,1H3,(H2,18,20)(H2,21,22,23). The highest BCUT2D eigenvalue weighted by Gasteiger charge is 2.53. The second-order valence-electron chi connectivity index (χ2n) is 5.91. The minimum absolute atomic E-state index is 0.00545. The van der Waals surface area contributed by atoms with Crippen LogP contribution in [0.25, 0.3) is 10.1 Å². The van der Waals surface area contributed by atoms with Crippen molar-refractivity contribution >= 4 is 60.9 Å². The van der Waals surface area contributed by atoms with E-state index in [1.807, 2.05) is 0 Å². The number of nitrogens with one attached hydrogen (secondary N) is 1. The van der Waals surface area contributed by atoms with Crippen molar-refractivity contribution in [1.82, 2.24) is 4.72 Å². The van der Waals surface area contributed by atoms with Gasteiger partial charge in [0.05, 0.1) is 17.6 Å². The fourth-order valence-corrected chi connectivity index (χ4v) is 5.72. The van der Waals surface area contributed by atoms with Crippen molar-refractivity contribution in [2.45, 2.75) is 12.1 Å². The molecule has 162 valence electrons. The maximum Gasteiger partial charge on any atom is 0.400 e. The number of fused-ring (bicyclic) bond motifs is 1. The van der Waals surface area contributed by atoms with Gasteiger partial charge in [-0.15, -0.1) is 11.3 Å². The van der Waals surface area contributed by atoms with Gasteiger partial charge >= 0.3 is 13.3 Å². The summed E-state index contributed by atoms with van der Waals surface area (Å²) in [6.07, 6.45) is 1.22. The number of hydrogen-bond acceptors (Lipinski definition) is 6. The number of benzene rings is 1. The van der Waals surface area contributed by atoms with Gasteiger partial charge in [-0.1, -0.05) is 0 Å².